The highest BCUT2D eigenvalue weighted by molar-refractivity contribution is 5.74. The molecule has 29 heavy (non-hydrogen) atoms. The van der Waals surface area contributed by atoms with E-state index in [1.54, 1.807) is 7.05 Å². The molecule has 8 nitrogen and oxygen atoms in total. The summed E-state index contributed by atoms with van der Waals surface area (Å²) in [5.41, 5.74) is 1.48. The summed E-state index contributed by atoms with van der Waals surface area (Å²) >= 11 is 0. The number of fused-ring (bicyclic) bond motifs is 1. The van der Waals surface area contributed by atoms with Crippen molar-refractivity contribution in [1.29, 1.82) is 0 Å². The van der Waals surface area contributed by atoms with Gasteiger partial charge in [-0.3, -0.25) is 18.5 Å². The molecule has 0 radical (unpaired) electrons. The molecule has 1 fully saturated rings. The summed E-state index contributed by atoms with van der Waals surface area (Å²) in [5.74, 6) is 0.758. The Hall–Kier alpha value is -2.87. The highest BCUT2D eigenvalue weighted by atomic mass is 16.2. The van der Waals surface area contributed by atoms with E-state index in [-0.39, 0.29) is 11.2 Å². The van der Waals surface area contributed by atoms with Gasteiger partial charge in [-0.05, 0) is 24.9 Å². The van der Waals surface area contributed by atoms with Crippen molar-refractivity contribution in [1.82, 2.24) is 24.0 Å². The standard InChI is InChI=1S/C21H28N6O2/c1-3-12-26-19(28)17-18(24(2)21(26)29)23-20(25-13-7-10-22-11-14-25)27(17)15-16-8-5-4-6-9-16/h4-6,8-9,22H,3,7,10-15H2,1-2H3. The zero-order valence-corrected chi connectivity index (χ0v) is 17.1. The average Bonchev–Trinajstić information content (AvgIpc) is 2.91. The van der Waals surface area contributed by atoms with Gasteiger partial charge in [-0.2, -0.15) is 4.98 Å². The molecule has 0 aliphatic carbocycles. The summed E-state index contributed by atoms with van der Waals surface area (Å²) in [5, 5.41) is 3.41. The Morgan fingerprint density at radius 2 is 1.86 bits per heavy atom. The summed E-state index contributed by atoms with van der Waals surface area (Å²) < 4.78 is 4.83. The van der Waals surface area contributed by atoms with Crippen molar-refractivity contribution in [3.05, 3.63) is 56.7 Å². The smallest absolute Gasteiger partial charge is 0.332 e. The van der Waals surface area contributed by atoms with E-state index in [2.05, 4.69) is 10.2 Å². The van der Waals surface area contributed by atoms with E-state index in [1.807, 2.05) is 41.8 Å². The highest BCUT2D eigenvalue weighted by Crippen LogP contribution is 2.22. The number of benzene rings is 1. The quantitative estimate of drug-likeness (QED) is 0.700. The van der Waals surface area contributed by atoms with Crippen LogP contribution >= 0.6 is 0 Å². The van der Waals surface area contributed by atoms with Crippen LogP contribution in [0.1, 0.15) is 25.3 Å². The molecule has 1 aromatic carbocycles. The van der Waals surface area contributed by atoms with Crippen LogP contribution in [0.3, 0.4) is 0 Å². The van der Waals surface area contributed by atoms with Gasteiger partial charge in [-0.15, -0.1) is 0 Å². The molecule has 2 aromatic heterocycles. The molecule has 0 saturated carbocycles. The van der Waals surface area contributed by atoms with Gasteiger partial charge in [0.15, 0.2) is 11.2 Å². The van der Waals surface area contributed by atoms with Crippen molar-refractivity contribution >= 4 is 17.1 Å². The predicted molar refractivity (Wildman–Crippen MR) is 115 cm³/mol. The minimum Gasteiger partial charge on any atom is -0.341 e. The van der Waals surface area contributed by atoms with E-state index < -0.39 is 0 Å². The molecule has 1 N–H and O–H groups in total. The Bertz CT molecular complexity index is 1100. The van der Waals surface area contributed by atoms with Gasteiger partial charge in [-0.25, -0.2) is 4.79 Å². The first-order chi connectivity index (χ1) is 14.1. The van der Waals surface area contributed by atoms with Crippen molar-refractivity contribution < 1.29 is 0 Å². The minimum absolute atomic E-state index is 0.257. The fraction of sp³-hybridized carbons (Fsp3) is 0.476. The maximum Gasteiger partial charge on any atom is 0.332 e. The van der Waals surface area contributed by atoms with Crippen LogP contribution in [0.2, 0.25) is 0 Å². The van der Waals surface area contributed by atoms with Crippen molar-refractivity contribution in [3.8, 4) is 0 Å². The van der Waals surface area contributed by atoms with Crippen LogP contribution in [0, 0.1) is 0 Å². The summed E-state index contributed by atoms with van der Waals surface area (Å²) in [6.07, 6.45) is 1.73. The number of nitrogens with one attached hydrogen (secondary N) is 1. The largest absolute Gasteiger partial charge is 0.341 e. The lowest BCUT2D eigenvalue weighted by Gasteiger charge is -2.22. The lowest BCUT2D eigenvalue weighted by atomic mass is 10.2. The molecule has 3 aromatic rings. The second kappa shape index (κ2) is 8.24. The van der Waals surface area contributed by atoms with E-state index in [0.29, 0.717) is 24.3 Å². The van der Waals surface area contributed by atoms with Gasteiger partial charge in [0.2, 0.25) is 5.95 Å². The second-order valence-electron chi connectivity index (χ2n) is 7.54. The molecule has 154 valence electrons. The first-order valence-corrected chi connectivity index (χ1v) is 10.3. The normalized spacial score (nSPS) is 15.0. The van der Waals surface area contributed by atoms with Gasteiger partial charge in [-0.1, -0.05) is 37.3 Å². The number of hydrogen-bond acceptors (Lipinski definition) is 5. The molecule has 0 amide bonds. The third-order valence-corrected chi connectivity index (χ3v) is 5.47. The number of aryl methyl sites for hydroxylation is 1. The van der Waals surface area contributed by atoms with Gasteiger partial charge < -0.3 is 10.2 Å². The molecular weight excluding hydrogens is 368 g/mol. The Balaban J connectivity index is 1.97. The summed E-state index contributed by atoms with van der Waals surface area (Å²) in [4.78, 5) is 33.1. The molecule has 0 atom stereocenters. The van der Waals surface area contributed by atoms with Crippen LogP contribution in [-0.4, -0.2) is 44.9 Å². The maximum absolute atomic E-state index is 13.3. The lowest BCUT2D eigenvalue weighted by molar-refractivity contribution is 0.590. The third-order valence-electron chi connectivity index (χ3n) is 5.47. The number of aromatic nitrogens is 4. The SMILES string of the molecule is CCCn1c(=O)c2c(nc(N3CCCNCC3)n2Cc2ccccc2)n(C)c1=O. The van der Waals surface area contributed by atoms with Crippen LogP contribution < -0.4 is 21.5 Å². The Kier molecular flexibility index (Phi) is 5.53. The van der Waals surface area contributed by atoms with E-state index in [9.17, 15) is 9.59 Å². The molecule has 0 unspecified atom stereocenters. The zero-order chi connectivity index (χ0) is 20.4. The van der Waals surface area contributed by atoms with Gasteiger partial charge in [0, 0.05) is 33.2 Å². The highest BCUT2D eigenvalue weighted by Gasteiger charge is 2.24. The van der Waals surface area contributed by atoms with E-state index in [4.69, 9.17) is 4.98 Å². The Morgan fingerprint density at radius 3 is 2.62 bits per heavy atom. The van der Waals surface area contributed by atoms with Gasteiger partial charge >= 0.3 is 5.69 Å². The van der Waals surface area contributed by atoms with Gasteiger partial charge in [0.1, 0.15) is 0 Å². The van der Waals surface area contributed by atoms with Crippen molar-refractivity contribution in [2.24, 2.45) is 7.05 Å². The molecule has 3 heterocycles. The Morgan fingerprint density at radius 1 is 1.07 bits per heavy atom. The summed E-state index contributed by atoms with van der Waals surface area (Å²) in [6.45, 7) is 6.42. The fourth-order valence-corrected chi connectivity index (χ4v) is 3.98. The van der Waals surface area contributed by atoms with Crippen molar-refractivity contribution in [2.75, 3.05) is 31.1 Å². The second-order valence-corrected chi connectivity index (χ2v) is 7.54. The predicted octanol–water partition coefficient (Wildman–Crippen LogP) is 1.15. The van der Waals surface area contributed by atoms with Crippen molar-refractivity contribution in [2.45, 2.75) is 32.9 Å². The molecule has 1 aliphatic heterocycles. The third kappa shape index (κ3) is 3.60. The average molecular weight is 396 g/mol. The fourth-order valence-electron chi connectivity index (χ4n) is 3.98. The van der Waals surface area contributed by atoms with Crippen LogP contribution in [0.5, 0.6) is 0 Å². The van der Waals surface area contributed by atoms with E-state index in [1.165, 1.54) is 9.13 Å². The number of hydrogen-bond donors (Lipinski definition) is 1. The zero-order valence-electron chi connectivity index (χ0n) is 17.1. The molecular formula is C21H28N6O2. The monoisotopic (exact) mass is 396 g/mol. The molecule has 1 saturated heterocycles. The lowest BCUT2D eigenvalue weighted by Crippen LogP contribution is -2.39. The summed E-state index contributed by atoms with van der Waals surface area (Å²) in [7, 11) is 1.70. The Labute approximate surface area is 169 Å². The maximum atomic E-state index is 13.3. The first kappa shape index (κ1) is 19.4. The molecule has 0 spiro atoms. The molecule has 1 aliphatic rings. The summed E-state index contributed by atoms with van der Waals surface area (Å²) in [6, 6.07) is 10.1. The van der Waals surface area contributed by atoms with Crippen LogP contribution in [0.25, 0.3) is 11.2 Å². The topological polar surface area (TPSA) is 77.1 Å². The number of rotatable bonds is 5. The minimum atomic E-state index is -0.308. The number of anilines is 1. The molecule has 8 heteroatoms. The van der Waals surface area contributed by atoms with Crippen molar-refractivity contribution in [3.63, 3.8) is 0 Å². The van der Waals surface area contributed by atoms with E-state index in [0.717, 1.165) is 50.5 Å². The van der Waals surface area contributed by atoms with Crippen LogP contribution in [-0.2, 0) is 20.1 Å². The first-order valence-electron chi connectivity index (χ1n) is 10.3. The number of nitrogens with zero attached hydrogens (tertiary/aromatic N) is 5. The molecule has 0 bridgehead atoms. The molecule has 4 rings (SSSR count). The number of imidazole rings is 1. The van der Waals surface area contributed by atoms with E-state index >= 15 is 0 Å². The van der Waals surface area contributed by atoms with Crippen LogP contribution in [0.15, 0.2) is 39.9 Å². The van der Waals surface area contributed by atoms with Gasteiger partial charge in [0.25, 0.3) is 5.56 Å². The van der Waals surface area contributed by atoms with Crippen LogP contribution in [0.4, 0.5) is 5.95 Å². The van der Waals surface area contributed by atoms with Gasteiger partial charge in [0.05, 0.1) is 6.54 Å².